The number of fused-ring (bicyclic) bond motifs is 2. The molecule has 2 unspecified atom stereocenters. The van der Waals surface area contributed by atoms with Crippen molar-refractivity contribution in [2.45, 2.75) is 50.0 Å². The highest BCUT2D eigenvalue weighted by Gasteiger charge is 2.48. The minimum atomic E-state index is -1.33. The van der Waals surface area contributed by atoms with Gasteiger partial charge in [-0.15, -0.1) is 0 Å². The van der Waals surface area contributed by atoms with Gasteiger partial charge in [0.2, 0.25) is 0 Å². The van der Waals surface area contributed by atoms with Crippen LogP contribution in [0.4, 0.5) is 4.39 Å². The van der Waals surface area contributed by atoms with E-state index in [1.165, 1.54) is 0 Å². The van der Waals surface area contributed by atoms with Crippen molar-refractivity contribution in [1.29, 1.82) is 0 Å². The predicted octanol–water partition coefficient (Wildman–Crippen LogP) is 1.53. The lowest BCUT2D eigenvalue weighted by Gasteiger charge is -2.35. The van der Waals surface area contributed by atoms with E-state index in [9.17, 15) is 0 Å². The summed E-state index contributed by atoms with van der Waals surface area (Å²) in [4.78, 5) is 2.08. The van der Waals surface area contributed by atoms with E-state index in [2.05, 4.69) is 15.3 Å². The first-order valence-electron chi connectivity index (χ1n) is 7.72. The minimum Gasteiger partial charge on any atom is -0.493 e. The number of nitrogens with one attached hydrogen (secondary N) is 1. The van der Waals surface area contributed by atoms with E-state index in [1.807, 2.05) is 14.1 Å². The van der Waals surface area contributed by atoms with Crippen LogP contribution in [-0.4, -0.2) is 54.5 Å². The first kappa shape index (κ1) is 14.8. The average molecular weight is 296 g/mol. The van der Waals surface area contributed by atoms with E-state index in [-0.39, 0.29) is 12.1 Å². The summed E-state index contributed by atoms with van der Waals surface area (Å²) in [6, 6.07) is 0.575. The maximum absolute atomic E-state index is 15.7. The van der Waals surface area contributed by atoms with Crippen LogP contribution in [0, 0.1) is 0 Å². The number of alkyl halides is 1. The van der Waals surface area contributed by atoms with Crippen LogP contribution in [0.15, 0.2) is 6.20 Å². The molecule has 118 valence electrons. The number of methoxy groups -OCH3 is 1. The number of hydrogen-bond donors (Lipinski definition) is 1. The maximum Gasteiger partial charge on any atom is 0.163 e. The molecule has 3 rings (SSSR count). The molecule has 5 nitrogen and oxygen atoms in total. The number of rotatable bonds is 5. The van der Waals surface area contributed by atoms with Crippen LogP contribution < -0.4 is 10.1 Å². The number of nitrogens with zero attached hydrogens (tertiary/aromatic N) is 3. The third-order valence-corrected chi connectivity index (χ3v) is 4.68. The average Bonchev–Trinajstić information content (AvgIpc) is 3.00. The number of piperidine rings is 1. The van der Waals surface area contributed by atoms with Gasteiger partial charge < -0.3 is 15.0 Å². The largest absolute Gasteiger partial charge is 0.493 e. The Morgan fingerprint density at radius 3 is 2.67 bits per heavy atom. The Kier molecular flexibility index (Phi) is 3.92. The lowest BCUT2D eigenvalue weighted by Crippen LogP contribution is -2.45. The van der Waals surface area contributed by atoms with E-state index in [1.54, 1.807) is 18.0 Å². The van der Waals surface area contributed by atoms with Gasteiger partial charge in [0, 0.05) is 31.5 Å². The highest BCUT2D eigenvalue weighted by molar-refractivity contribution is 5.32. The third kappa shape index (κ3) is 2.79. The summed E-state index contributed by atoms with van der Waals surface area (Å²) in [5.41, 5.74) is -0.698. The summed E-state index contributed by atoms with van der Waals surface area (Å²) in [6.45, 7) is 1.51. The van der Waals surface area contributed by atoms with E-state index < -0.39 is 5.67 Å². The Balaban J connectivity index is 1.90. The first-order valence-corrected chi connectivity index (χ1v) is 7.72. The summed E-state index contributed by atoms with van der Waals surface area (Å²) in [5.74, 6) is 0.581. The van der Waals surface area contributed by atoms with Gasteiger partial charge in [-0.3, -0.25) is 4.68 Å². The molecular formula is C15H25FN4O. The zero-order valence-electron chi connectivity index (χ0n) is 13.1. The summed E-state index contributed by atoms with van der Waals surface area (Å²) in [5, 5.41) is 7.85. The zero-order valence-corrected chi connectivity index (χ0v) is 13.1. The molecule has 1 aromatic rings. The van der Waals surface area contributed by atoms with Gasteiger partial charge in [0.05, 0.1) is 19.9 Å². The van der Waals surface area contributed by atoms with Crippen LogP contribution in [0.3, 0.4) is 0 Å². The van der Waals surface area contributed by atoms with Gasteiger partial charge in [-0.05, 0) is 26.9 Å². The first-order chi connectivity index (χ1) is 10.0. The molecule has 2 fully saturated rings. The summed E-state index contributed by atoms with van der Waals surface area (Å²) in [6.07, 6.45) is 4.84. The number of hydrogen-bond acceptors (Lipinski definition) is 4. The van der Waals surface area contributed by atoms with Crippen molar-refractivity contribution in [3.05, 3.63) is 11.9 Å². The Morgan fingerprint density at radius 2 is 2.10 bits per heavy atom. The van der Waals surface area contributed by atoms with Crippen LogP contribution in [0.1, 0.15) is 31.4 Å². The second-order valence-corrected chi connectivity index (χ2v) is 6.60. The molecule has 3 heterocycles. The van der Waals surface area contributed by atoms with Crippen LogP contribution in [0.2, 0.25) is 0 Å². The normalized spacial score (nSPS) is 31.9. The minimum absolute atomic E-state index is 0.288. The summed E-state index contributed by atoms with van der Waals surface area (Å²) in [7, 11) is 5.61. The quantitative estimate of drug-likeness (QED) is 0.895. The van der Waals surface area contributed by atoms with Gasteiger partial charge in [0.25, 0.3) is 0 Å². The van der Waals surface area contributed by atoms with Crippen molar-refractivity contribution in [1.82, 2.24) is 20.0 Å². The molecule has 0 radical (unpaired) electrons. The molecule has 2 bridgehead atoms. The SMILES string of the molecule is COc1cnn(CCN(C)C)c1C1(F)CC2CCC(C1)N2. The Bertz CT molecular complexity index is 490. The summed E-state index contributed by atoms with van der Waals surface area (Å²) >= 11 is 0. The second-order valence-electron chi connectivity index (χ2n) is 6.60. The van der Waals surface area contributed by atoms with Crippen molar-refractivity contribution in [2.75, 3.05) is 27.7 Å². The molecule has 1 N–H and O–H groups in total. The van der Waals surface area contributed by atoms with Crippen molar-refractivity contribution < 1.29 is 9.13 Å². The number of aromatic nitrogens is 2. The van der Waals surface area contributed by atoms with Crippen LogP contribution in [0.25, 0.3) is 0 Å². The molecule has 6 heteroatoms. The van der Waals surface area contributed by atoms with Gasteiger partial charge in [0.15, 0.2) is 11.4 Å². The van der Waals surface area contributed by atoms with Gasteiger partial charge in [-0.1, -0.05) is 0 Å². The zero-order chi connectivity index (χ0) is 15.0. The molecule has 2 aliphatic heterocycles. The molecule has 0 saturated carbocycles. The Morgan fingerprint density at radius 1 is 1.43 bits per heavy atom. The van der Waals surface area contributed by atoms with E-state index in [4.69, 9.17) is 4.74 Å². The lowest BCUT2D eigenvalue weighted by molar-refractivity contribution is 0.0734. The molecule has 1 aromatic heterocycles. The lowest BCUT2D eigenvalue weighted by atomic mass is 9.86. The van der Waals surface area contributed by atoms with Crippen LogP contribution in [-0.2, 0) is 12.2 Å². The standard InChI is InChI=1S/C15H25FN4O/c1-19(2)6-7-20-14(13(21-3)10-17-20)15(16)8-11-4-5-12(9-15)18-11/h10-12,18H,4-9H2,1-3H3. The number of likely N-dealkylation sites (N-methyl/N-ethyl adjacent to an activating group) is 1. The molecular weight excluding hydrogens is 271 g/mol. The van der Waals surface area contributed by atoms with E-state index in [0.29, 0.717) is 30.8 Å². The van der Waals surface area contributed by atoms with E-state index >= 15 is 4.39 Å². The Hall–Kier alpha value is -1.14. The van der Waals surface area contributed by atoms with Crippen molar-refractivity contribution in [3.8, 4) is 5.75 Å². The molecule has 0 aliphatic carbocycles. The predicted molar refractivity (Wildman–Crippen MR) is 79.3 cm³/mol. The van der Waals surface area contributed by atoms with E-state index in [0.717, 1.165) is 19.4 Å². The molecule has 0 amide bonds. The highest BCUT2D eigenvalue weighted by atomic mass is 19.1. The molecule has 2 saturated heterocycles. The van der Waals surface area contributed by atoms with Crippen molar-refractivity contribution >= 4 is 0 Å². The molecule has 21 heavy (non-hydrogen) atoms. The fourth-order valence-electron chi connectivity index (χ4n) is 3.72. The maximum atomic E-state index is 15.7. The Labute approximate surface area is 125 Å². The fraction of sp³-hybridized carbons (Fsp3) is 0.800. The van der Waals surface area contributed by atoms with Crippen molar-refractivity contribution in [3.63, 3.8) is 0 Å². The van der Waals surface area contributed by atoms with Crippen molar-refractivity contribution in [2.24, 2.45) is 0 Å². The summed E-state index contributed by atoms with van der Waals surface area (Å²) < 4.78 is 22.9. The molecule has 2 atom stereocenters. The number of halogens is 1. The highest BCUT2D eigenvalue weighted by Crippen LogP contribution is 2.46. The molecule has 0 spiro atoms. The molecule has 0 aromatic carbocycles. The monoisotopic (exact) mass is 296 g/mol. The smallest absolute Gasteiger partial charge is 0.163 e. The fourth-order valence-corrected chi connectivity index (χ4v) is 3.72. The topological polar surface area (TPSA) is 42.3 Å². The van der Waals surface area contributed by atoms with Crippen LogP contribution in [0.5, 0.6) is 5.75 Å². The molecule has 2 aliphatic rings. The van der Waals surface area contributed by atoms with Gasteiger partial charge in [-0.2, -0.15) is 5.10 Å². The third-order valence-electron chi connectivity index (χ3n) is 4.68. The second kappa shape index (κ2) is 5.57. The van der Waals surface area contributed by atoms with Gasteiger partial charge in [-0.25, -0.2) is 4.39 Å². The van der Waals surface area contributed by atoms with Crippen LogP contribution >= 0.6 is 0 Å². The van der Waals surface area contributed by atoms with Gasteiger partial charge in [0.1, 0.15) is 5.69 Å². The van der Waals surface area contributed by atoms with Gasteiger partial charge >= 0.3 is 0 Å². The number of ether oxygens (including phenoxy) is 1.